The SMILES string of the molecule is CCCNCCP(C)(C)=O. The predicted octanol–water partition coefficient (Wildman–Crippen LogP) is 1.61. The topological polar surface area (TPSA) is 29.1 Å². The van der Waals surface area contributed by atoms with Gasteiger partial charge in [0.15, 0.2) is 0 Å². The summed E-state index contributed by atoms with van der Waals surface area (Å²) in [5.41, 5.74) is 0. The van der Waals surface area contributed by atoms with Gasteiger partial charge in [0.25, 0.3) is 0 Å². The maximum Gasteiger partial charge on any atom is 0.0831 e. The fourth-order valence-electron chi connectivity index (χ4n) is 0.650. The van der Waals surface area contributed by atoms with Crippen molar-refractivity contribution in [2.24, 2.45) is 0 Å². The van der Waals surface area contributed by atoms with Crippen LogP contribution >= 0.6 is 7.14 Å². The predicted molar refractivity (Wildman–Crippen MR) is 47.5 cm³/mol. The Labute approximate surface area is 63.8 Å². The summed E-state index contributed by atoms with van der Waals surface area (Å²) >= 11 is 0. The van der Waals surface area contributed by atoms with Gasteiger partial charge >= 0.3 is 0 Å². The molecular formula is C7H18NOP. The summed E-state index contributed by atoms with van der Waals surface area (Å²) in [4.78, 5) is 0. The molecule has 0 saturated carbocycles. The zero-order valence-corrected chi connectivity index (χ0v) is 8.08. The molecule has 3 heteroatoms. The van der Waals surface area contributed by atoms with Crippen LogP contribution in [0, 0.1) is 0 Å². The van der Waals surface area contributed by atoms with E-state index in [0.29, 0.717) is 0 Å². The van der Waals surface area contributed by atoms with E-state index in [1.54, 1.807) is 0 Å². The van der Waals surface area contributed by atoms with Gasteiger partial charge in [-0.15, -0.1) is 0 Å². The Morgan fingerprint density at radius 3 is 2.30 bits per heavy atom. The smallest absolute Gasteiger partial charge is 0.0831 e. The van der Waals surface area contributed by atoms with Crippen LogP contribution < -0.4 is 5.32 Å². The average molecular weight is 163 g/mol. The van der Waals surface area contributed by atoms with Gasteiger partial charge in [-0.2, -0.15) is 0 Å². The highest BCUT2D eigenvalue weighted by atomic mass is 31.2. The standard InChI is InChI=1S/C7H18NOP/c1-4-5-8-6-7-10(2,3)9/h8H,4-7H2,1-3H3. The van der Waals surface area contributed by atoms with E-state index in [9.17, 15) is 4.57 Å². The minimum absolute atomic E-state index is 0.826. The summed E-state index contributed by atoms with van der Waals surface area (Å²) in [6.07, 6.45) is 1.98. The molecule has 0 aliphatic carbocycles. The fraction of sp³-hybridized carbons (Fsp3) is 1.00. The molecule has 0 heterocycles. The van der Waals surface area contributed by atoms with E-state index in [1.807, 2.05) is 13.3 Å². The second-order valence-electron chi connectivity index (χ2n) is 3.05. The first-order chi connectivity index (χ1) is 4.56. The van der Waals surface area contributed by atoms with Crippen LogP contribution in [0.2, 0.25) is 0 Å². The lowest BCUT2D eigenvalue weighted by molar-refractivity contribution is 0.579. The second kappa shape index (κ2) is 4.92. The first-order valence-electron chi connectivity index (χ1n) is 3.81. The summed E-state index contributed by atoms with van der Waals surface area (Å²) in [5.74, 6) is 0. The highest BCUT2D eigenvalue weighted by molar-refractivity contribution is 7.62. The Kier molecular flexibility index (Phi) is 5.02. The molecule has 2 nitrogen and oxygen atoms in total. The summed E-state index contributed by atoms with van der Waals surface area (Å²) in [6, 6.07) is 0. The summed E-state index contributed by atoms with van der Waals surface area (Å²) in [7, 11) is -1.77. The third-order valence-electron chi connectivity index (χ3n) is 1.25. The normalized spacial score (nSPS) is 11.9. The fourth-order valence-corrected chi connectivity index (χ4v) is 1.35. The van der Waals surface area contributed by atoms with E-state index in [-0.39, 0.29) is 0 Å². The van der Waals surface area contributed by atoms with Gasteiger partial charge in [0.1, 0.15) is 0 Å². The lowest BCUT2D eigenvalue weighted by Gasteiger charge is -2.06. The summed E-state index contributed by atoms with van der Waals surface area (Å²) in [5, 5.41) is 3.22. The molecule has 0 amide bonds. The quantitative estimate of drug-likeness (QED) is 0.492. The molecule has 0 spiro atoms. The van der Waals surface area contributed by atoms with E-state index in [2.05, 4.69) is 12.2 Å². The van der Waals surface area contributed by atoms with Crippen LogP contribution in [0.5, 0.6) is 0 Å². The van der Waals surface area contributed by atoms with Gasteiger partial charge in [-0.1, -0.05) is 6.92 Å². The maximum atomic E-state index is 11.1. The van der Waals surface area contributed by atoms with Crippen LogP contribution in [-0.4, -0.2) is 32.6 Å². The highest BCUT2D eigenvalue weighted by Gasteiger charge is 2.04. The van der Waals surface area contributed by atoms with Crippen LogP contribution in [0.4, 0.5) is 0 Å². The molecule has 0 fully saturated rings. The van der Waals surface area contributed by atoms with E-state index >= 15 is 0 Å². The second-order valence-corrected chi connectivity index (χ2v) is 6.64. The largest absolute Gasteiger partial charge is 0.324 e. The molecule has 0 unspecified atom stereocenters. The maximum absolute atomic E-state index is 11.1. The van der Waals surface area contributed by atoms with Crippen molar-refractivity contribution in [2.45, 2.75) is 13.3 Å². The molecule has 10 heavy (non-hydrogen) atoms. The van der Waals surface area contributed by atoms with Gasteiger partial charge in [0.2, 0.25) is 0 Å². The Morgan fingerprint density at radius 1 is 1.30 bits per heavy atom. The van der Waals surface area contributed by atoms with E-state index in [0.717, 1.165) is 25.7 Å². The molecule has 0 aromatic heterocycles. The summed E-state index contributed by atoms with van der Waals surface area (Å²) < 4.78 is 11.1. The van der Waals surface area contributed by atoms with Crippen molar-refractivity contribution in [1.29, 1.82) is 0 Å². The van der Waals surface area contributed by atoms with Gasteiger partial charge in [-0.05, 0) is 26.3 Å². The number of hydrogen-bond acceptors (Lipinski definition) is 2. The van der Waals surface area contributed by atoms with Crippen molar-refractivity contribution >= 4 is 7.14 Å². The Balaban J connectivity index is 3.13. The van der Waals surface area contributed by atoms with Crippen molar-refractivity contribution in [1.82, 2.24) is 5.32 Å². The Hall–Kier alpha value is 0.190. The molecule has 0 atom stereocenters. The molecule has 62 valence electrons. The highest BCUT2D eigenvalue weighted by Crippen LogP contribution is 2.34. The molecule has 0 saturated heterocycles. The van der Waals surface area contributed by atoms with E-state index < -0.39 is 7.14 Å². The lowest BCUT2D eigenvalue weighted by Crippen LogP contribution is -2.18. The minimum atomic E-state index is -1.77. The van der Waals surface area contributed by atoms with Crippen molar-refractivity contribution < 1.29 is 4.57 Å². The first-order valence-corrected chi connectivity index (χ1v) is 6.59. The molecule has 0 bridgehead atoms. The van der Waals surface area contributed by atoms with Crippen LogP contribution in [0.25, 0.3) is 0 Å². The number of rotatable bonds is 5. The van der Waals surface area contributed by atoms with Gasteiger partial charge in [0, 0.05) is 12.7 Å². The third-order valence-corrected chi connectivity index (χ3v) is 2.55. The third kappa shape index (κ3) is 8.19. The molecule has 0 aliphatic rings. The van der Waals surface area contributed by atoms with Gasteiger partial charge in [-0.25, -0.2) is 0 Å². The molecule has 0 aliphatic heterocycles. The zero-order chi connectivity index (χ0) is 8.04. The first kappa shape index (κ1) is 10.2. The molecule has 0 aromatic rings. The lowest BCUT2D eigenvalue weighted by atomic mass is 10.5. The number of nitrogens with one attached hydrogen (secondary N) is 1. The van der Waals surface area contributed by atoms with Gasteiger partial charge in [0.05, 0.1) is 7.14 Å². The van der Waals surface area contributed by atoms with Crippen LogP contribution in [0.1, 0.15) is 13.3 Å². The monoisotopic (exact) mass is 163 g/mol. The van der Waals surface area contributed by atoms with Crippen molar-refractivity contribution in [3.8, 4) is 0 Å². The average Bonchev–Trinajstić information content (AvgIpc) is 1.78. The van der Waals surface area contributed by atoms with E-state index in [4.69, 9.17) is 0 Å². The Morgan fingerprint density at radius 2 is 1.90 bits per heavy atom. The molecular weight excluding hydrogens is 145 g/mol. The van der Waals surface area contributed by atoms with Crippen molar-refractivity contribution in [2.75, 3.05) is 32.6 Å². The molecule has 0 aromatic carbocycles. The molecule has 1 N–H and O–H groups in total. The summed E-state index contributed by atoms with van der Waals surface area (Å²) in [6.45, 7) is 7.74. The van der Waals surface area contributed by atoms with Crippen molar-refractivity contribution in [3.63, 3.8) is 0 Å². The van der Waals surface area contributed by atoms with Crippen LogP contribution in [0.3, 0.4) is 0 Å². The van der Waals surface area contributed by atoms with Crippen molar-refractivity contribution in [3.05, 3.63) is 0 Å². The molecule has 0 radical (unpaired) electrons. The zero-order valence-electron chi connectivity index (χ0n) is 7.18. The number of hydrogen-bond donors (Lipinski definition) is 1. The van der Waals surface area contributed by atoms with Gasteiger partial charge in [-0.3, -0.25) is 0 Å². The van der Waals surface area contributed by atoms with E-state index in [1.165, 1.54) is 0 Å². The van der Waals surface area contributed by atoms with Crippen LogP contribution in [-0.2, 0) is 4.57 Å². The minimum Gasteiger partial charge on any atom is -0.324 e. The van der Waals surface area contributed by atoms with Crippen LogP contribution in [0.15, 0.2) is 0 Å². The van der Waals surface area contributed by atoms with Gasteiger partial charge < -0.3 is 9.88 Å². The molecule has 0 rings (SSSR count). The Bertz CT molecular complexity index is 119.